The highest BCUT2D eigenvalue weighted by Crippen LogP contribution is 2.22. The second kappa shape index (κ2) is 6.23. The Morgan fingerprint density at radius 2 is 2.16 bits per heavy atom. The van der Waals surface area contributed by atoms with Gasteiger partial charge in [0.05, 0.1) is 28.3 Å². The van der Waals surface area contributed by atoms with Gasteiger partial charge in [0.1, 0.15) is 6.61 Å². The van der Waals surface area contributed by atoms with Gasteiger partial charge < -0.3 is 4.74 Å². The lowest BCUT2D eigenvalue weighted by Crippen LogP contribution is -2.06. The first kappa shape index (κ1) is 14.1. The third-order valence-corrected chi connectivity index (χ3v) is 3.92. The van der Waals surface area contributed by atoms with Gasteiger partial charge in [0.2, 0.25) is 0 Å². The molecule has 0 saturated heterocycles. The van der Waals surface area contributed by atoms with E-state index in [1.807, 2.05) is 22.5 Å². The number of aromatic nitrogens is 4. The minimum atomic E-state index is 0.493. The molecule has 0 atom stereocenters. The molecule has 2 aromatic rings. The van der Waals surface area contributed by atoms with Gasteiger partial charge in [0.15, 0.2) is 5.75 Å². The van der Waals surface area contributed by atoms with Gasteiger partial charge in [-0.05, 0) is 36.2 Å². The highest BCUT2D eigenvalue weighted by molar-refractivity contribution is 9.10. The van der Waals surface area contributed by atoms with Crippen LogP contribution in [-0.2, 0) is 19.7 Å². The fourth-order valence-electron chi connectivity index (χ4n) is 1.93. The fourth-order valence-corrected chi connectivity index (χ4v) is 2.33. The summed E-state index contributed by atoms with van der Waals surface area (Å²) in [5, 5.41) is 8.69. The number of halogens is 1. The van der Waals surface area contributed by atoms with Gasteiger partial charge in [-0.2, -0.15) is 10.2 Å². The molecule has 0 N–H and O–H groups in total. The van der Waals surface area contributed by atoms with E-state index in [-0.39, 0.29) is 0 Å². The van der Waals surface area contributed by atoms with Crippen LogP contribution in [-0.4, -0.2) is 19.6 Å². The molecule has 0 aromatic carbocycles. The topological polar surface area (TPSA) is 44.9 Å². The van der Waals surface area contributed by atoms with Crippen molar-refractivity contribution < 1.29 is 4.74 Å². The molecule has 0 unspecified atom stereocenters. The van der Waals surface area contributed by atoms with Crippen molar-refractivity contribution in [2.24, 2.45) is 0 Å². The molecule has 0 bridgehead atoms. The molecule has 0 aliphatic rings. The van der Waals surface area contributed by atoms with Crippen molar-refractivity contribution in [2.75, 3.05) is 0 Å². The second-order valence-electron chi connectivity index (χ2n) is 4.39. The zero-order valence-corrected chi connectivity index (χ0v) is 13.1. The molecule has 2 aromatic heterocycles. The number of rotatable bonds is 6. The van der Waals surface area contributed by atoms with Crippen LogP contribution in [0.5, 0.6) is 5.75 Å². The summed E-state index contributed by atoms with van der Waals surface area (Å²) in [6, 6.07) is 0. The van der Waals surface area contributed by atoms with E-state index < -0.39 is 0 Å². The van der Waals surface area contributed by atoms with Gasteiger partial charge in [-0.1, -0.05) is 6.92 Å². The average molecular weight is 327 g/mol. The number of aryl methyl sites for hydroxylation is 3. The minimum Gasteiger partial charge on any atom is -0.484 e. The molecule has 0 saturated carbocycles. The van der Waals surface area contributed by atoms with E-state index in [4.69, 9.17) is 4.74 Å². The molecule has 19 heavy (non-hydrogen) atoms. The van der Waals surface area contributed by atoms with Crippen LogP contribution in [0, 0.1) is 6.92 Å². The molecule has 0 spiro atoms. The van der Waals surface area contributed by atoms with Crippen molar-refractivity contribution in [2.45, 2.75) is 46.9 Å². The van der Waals surface area contributed by atoms with Gasteiger partial charge >= 0.3 is 0 Å². The number of ether oxygens (including phenoxy) is 1. The van der Waals surface area contributed by atoms with Gasteiger partial charge in [-0.3, -0.25) is 9.36 Å². The Bertz CT molecular complexity index is 547. The Balaban J connectivity index is 2.05. The highest BCUT2D eigenvalue weighted by atomic mass is 79.9. The van der Waals surface area contributed by atoms with Gasteiger partial charge in [0, 0.05) is 13.1 Å². The summed E-state index contributed by atoms with van der Waals surface area (Å²) in [7, 11) is 0. The summed E-state index contributed by atoms with van der Waals surface area (Å²) in [6.45, 7) is 8.43. The normalized spacial score (nSPS) is 10.9. The maximum Gasteiger partial charge on any atom is 0.157 e. The lowest BCUT2D eigenvalue weighted by atomic mass is 10.4. The van der Waals surface area contributed by atoms with Crippen molar-refractivity contribution in [1.29, 1.82) is 0 Å². The van der Waals surface area contributed by atoms with Gasteiger partial charge in [-0.25, -0.2) is 0 Å². The first-order chi connectivity index (χ1) is 9.15. The Hall–Kier alpha value is -1.30. The molecule has 0 radical (unpaired) electrons. The van der Waals surface area contributed by atoms with Gasteiger partial charge in [0.25, 0.3) is 0 Å². The Kier molecular flexibility index (Phi) is 4.63. The largest absolute Gasteiger partial charge is 0.484 e. The Morgan fingerprint density at radius 1 is 1.37 bits per heavy atom. The first-order valence-corrected chi connectivity index (χ1v) is 7.32. The predicted molar refractivity (Wildman–Crippen MR) is 77.2 cm³/mol. The van der Waals surface area contributed by atoms with Crippen LogP contribution in [0.4, 0.5) is 0 Å². The zero-order chi connectivity index (χ0) is 13.8. The van der Waals surface area contributed by atoms with E-state index in [9.17, 15) is 0 Å². The van der Waals surface area contributed by atoms with Crippen molar-refractivity contribution in [1.82, 2.24) is 19.6 Å². The maximum atomic E-state index is 5.78. The van der Waals surface area contributed by atoms with Crippen LogP contribution in [0.1, 0.15) is 31.7 Å². The van der Waals surface area contributed by atoms with E-state index in [2.05, 4.69) is 40.0 Å². The van der Waals surface area contributed by atoms with Crippen LogP contribution in [0.15, 0.2) is 16.9 Å². The molecular weight excluding hydrogens is 308 g/mol. The van der Waals surface area contributed by atoms with E-state index in [1.54, 1.807) is 6.20 Å². The summed E-state index contributed by atoms with van der Waals surface area (Å²) in [4.78, 5) is 0. The average Bonchev–Trinajstić information content (AvgIpc) is 2.94. The molecule has 6 heteroatoms. The standard InChI is InChI=1S/C13H19BrN4O/c1-4-6-17-8-11(7-15-17)19-9-12-13(14)10(3)16-18(12)5-2/h7-8H,4-6,9H2,1-3H3. The van der Waals surface area contributed by atoms with Crippen molar-refractivity contribution in [3.05, 3.63) is 28.3 Å². The van der Waals surface area contributed by atoms with Crippen molar-refractivity contribution in [3.8, 4) is 5.75 Å². The van der Waals surface area contributed by atoms with Crippen LogP contribution < -0.4 is 4.74 Å². The molecule has 2 heterocycles. The van der Waals surface area contributed by atoms with E-state index in [0.717, 1.165) is 41.1 Å². The number of nitrogens with zero attached hydrogens (tertiary/aromatic N) is 4. The van der Waals surface area contributed by atoms with Crippen LogP contribution in [0.2, 0.25) is 0 Å². The van der Waals surface area contributed by atoms with Crippen LogP contribution in [0.25, 0.3) is 0 Å². The number of hydrogen-bond acceptors (Lipinski definition) is 3. The predicted octanol–water partition coefficient (Wildman–Crippen LogP) is 3.16. The zero-order valence-electron chi connectivity index (χ0n) is 11.6. The fraction of sp³-hybridized carbons (Fsp3) is 0.538. The third-order valence-electron chi connectivity index (χ3n) is 2.89. The quantitative estimate of drug-likeness (QED) is 0.819. The Labute approximate surface area is 121 Å². The molecular formula is C13H19BrN4O. The molecule has 5 nitrogen and oxygen atoms in total. The SMILES string of the molecule is CCCn1cc(OCc2c(Br)c(C)nn2CC)cn1. The first-order valence-electron chi connectivity index (χ1n) is 6.52. The summed E-state index contributed by atoms with van der Waals surface area (Å²) in [6.07, 6.45) is 4.74. The van der Waals surface area contributed by atoms with Crippen molar-refractivity contribution in [3.63, 3.8) is 0 Å². The molecule has 2 rings (SSSR count). The smallest absolute Gasteiger partial charge is 0.157 e. The summed E-state index contributed by atoms with van der Waals surface area (Å²) in [5.41, 5.74) is 2.05. The Morgan fingerprint density at radius 3 is 2.84 bits per heavy atom. The molecule has 0 amide bonds. The molecule has 104 valence electrons. The van der Waals surface area contributed by atoms with Crippen molar-refractivity contribution >= 4 is 15.9 Å². The molecule has 0 aliphatic heterocycles. The summed E-state index contributed by atoms with van der Waals surface area (Å²) >= 11 is 3.56. The lowest BCUT2D eigenvalue weighted by Gasteiger charge is -2.06. The third kappa shape index (κ3) is 3.18. The van der Waals surface area contributed by atoms with Crippen LogP contribution in [0.3, 0.4) is 0 Å². The number of hydrogen-bond donors (Lipinski definition) is 0. The monoisotopic (exact) mass is 326 g/mol. The van der Waals surface area contributed by atoms with Gasteiger partial charge in [-0.15, -0.1) is 0 Å². The molecule has 0 fully saturated rings. The summed E-state index contributed by atoms with van der Waals surface area (Å²) in [5.74, 6) is 0.793. The van der Waals surface area contributed by atoms with E-state index in [1.165, 1.54) is 0 Å². The second-order valence-corrected chi connectivity index (χ2v) is 5.18. The maximum absolute atomic E-state index is 5.78. The minimum absolute atomic E-state index is 0.493. The highest BCUT2D eigenvalue weighted by Gasteiger charge is 2.12. The van der Waals surface area contributed by atoms with E-state index >= 15 is 0 Å². The summed E-state index contributed by atoms with van der Waals surface area (Å²) < 4.78 is 10.7. The lowest BCUT2D eigenvalue weighted by molar-refractivity contribution is 0.291. The molecule has 0 aliphatic carbocycles. The van der Waals surface area contributed by atoms with E-state index in [0.29, 0.717) is 6.61 Å². The van der Waals surface area contributed by atoms with Crippen LogP contribution >= 0.6 is 15.9 Å².